The van der Waals surface area contributed by atoms with Crippen molar-refractivity contribution in [2.24, 2.45) is 5.92 Å². The van der Waals surface area contributed by atoms with E-state index in [4.69, 9.17) is 4.43 Å². The van der Waals surface area contributed by atoms with Gasteiger partial charge in [-0.15, -0.1) is 0 Å². The highest BCUT2D eigenvalue weighted by atomic mass is 31.2. The summed E-state index contributed by atoms with van der Waals surface area (Å²) in [5.74, 6) is 0.694. The van der Waals surface area contributed by atoms with Crippen LogP contribution in [0.4, 0.5) is 0 Å². The molecule has 0 spiro atoms. The topological polar surface area (TPSA) is 9.23 Å². The Hall–Kier alpha value is -1.73. The lowest BCUT2D eigenvalue weighted by Crippen LogP contribution is -2.47. The molecule has 0 bridgehead atoms. The summed E-state index contributed by atoms with van der Waals surface area (Å²) in [7, 11) is -3.74. The van der Waals surface area contributed by atoms with Gasteiger partial charge in [0.2, 0.25) is 0 Å². The van der Waals surface area contributed by atoms with Gasteiger partial charge in [-0.05, 0) is 73.3 Å². The zero-order chi connectivity index (χ0) is 22.8. The molecule has 1 nitrogen and oxygen atoms in total. The Labute approximate surface area is 196 Å². The highest BCUT2D eigenvalue weighted by molar-refractivity contribution is 7.95. The maximum absolute atomic E-state index is 7.21. The van der Waals surface area contributed by atoms with Crippen molar-refractivity contribution in [3.05, 3.63) is 91.0 Å². The van der Waals surface area contributed by atoms with E-state index in [2.05, 4.69) is 125 Å². The van der Waals surface area contributed by atoms with Crippen LogP contribution in [0.1, 0.15) is 33.6 Å². The molecule has 0 unspecified atom stereocenters. The molecule has 1 fully saturated rings. The van der Waals surface area contributed by atoms with Crippen LogP contribution in [0.25, 0.3) is 0 Å². The Kier molecular flexibility index (Phi) is 6.78. The molecule has 0 radical (unpaired) electrons. The van der Waals surface area contributed by atoms with Crippen molar-refractivity contribution in [2.45, 2.75) is 57.8 Å². The number of benzene rings is 3. The lowest BCUT2D eigenvalue weighted by atomic mass is 10.2. The summed E-state index contributed by atoms with van der Waals surface area (Å²) in [6.07, 6.45) is 4.00. The summed E-state index contributed by atoms with van der Waals surface area (Å²) in [6.45, 7) is 11.9. The van der Waals surface area contributed by atoms with Crippen LogP contribution in [0.3, 0.4) is 0 Å². The van der Waals surface area contributed by atoms with Crippen LogP contribution >= 0.6 is 7.26 Å². The number of hydrogen-bond donors (Lipinski definition) is 0. The molecule has 1 aliphatic carbocycles. The van der Waals surface area contributed by atoms with E-state index in [1.807, 2.05) is 0 Å². The molecule has 3 heteroatoms. The van der Waals surface area contributed by atoms with Crippen molar-refractivity contribution in [1.82, 2.24) is 0 Å². The van der Waals surface area contributed by atoms with Gasteiger partial charge in [-0.2, -0.15) is 0 Å². The van der Waals surface area contributed by atoms with E-state index in [-0.39, 0.29) is 5.04 Å². The van der Waals surface area contributed by atoms with E-state index in [9.17, 15) is 0 Å². The summed E-state index contributed by atoms with van der Waals surface area (Å²) in [5.41, 5.74) is 0. The van der Waals surface area contributed by atoms with Crippen LogP contribution in [0.2, 0.25) is 18.1 Å². The maximum atomic E-state index is 7.21. The smallest absolute Gasteiger partial charge is 0.192 e. The molecule has 1 saturated carbocycles. The zero-order valence-corrected chi connectivity index (χ0v) is 22.2. The first-order valence-electron chi connectivity index (χ1n) is 12.0. The third-order valence-corrected chi connectivity index (χ3v) is 16.4. The Morgan fingerprint density at radius 2 is 1.12 bits per heavy atom. The molecule has 3 aromatic carbocycles. The van der Waals surface area contributed by atoms with E-state index in [1.54, 1.807) is 0 Å². The Balaban J connectivity index is 1.87. The second kappa shape index (κ2) is 9.25. The van der Waals surface area contributed by atoms with Crippen molar-refractivity contribution >= 4 is 31.5 Å². The van der Waals surface area contributed by atoms with Gasteiger partial charge in [0.25, 0.3) is 0 Å². The summed E-state index contributed by atoms with van der Waals surface area (Å²) >= 11 is 0. The van der Waals surface area contributed by atoms with Crippen LogP contribution in [0.5, 0.6) is 0 Å². The van der Waals surface area contributed by atoms with Crippen molar-refractivity contribution in [3.63, 3.8) is 0 Å². The van der Waals surface area contributed by atoms with Crippen LogP contribution in [0.15, 0.2) is 91.0 Å². The lowest BCUT2D eigenvalue weighted by Gasteiger charge is -2.41. The van der Waals surface area contributed by atoms with Crippen molar-refractivity contribution < 1.29 is 4.43 Å². The molecule has 32 heavy (non-hydrogen) atoms. The van der Waals surface area contributed by atoms with E-state index in [0.717, 1.165) is 6.16 Å². The average molecular weight is 462 g/mol. The second-order valence-electron chi connectivity index (χ2n) is 10.8. The summed E-state index contributed by atoms with van der Waals surface area (Å²) < 4.78 is 7.21. The molecule has 168 valence electrons. The monoisotopic (exact) mass is 461 g/mol. The quantitative estimate of drug-likeness (QED) is 0.265. The molecule has 0 heterocycles. The molecule has 0 aliphatic heterocycles. The fourth-order valence-corrected chi connectivity index (χ4v) is 10.4. The second-order valence-corrected chi connectivity index (χ2v) is 19.0. The Bertz CT molecular complexity index is 895. The average Bonchev–Trinajstić information content (AvgIpc) is 3.63. The summed E-state index contributed by atoms with van der Waals surface area (Å²) in [5, 5.41) is 4.60. The van der Waals surface area contributed by atoms with E-state index in [0.29, 0.717) is 12.0 Å². The Morgan fingerprint density at radius 1 is 0.750 bits per heavy atom. The first-order valence-corrected chi connectivity index (χ1v) is 16.8. The third kappa shape index (κ3) is 4.79. The van der Waals surface area contributed by atoms with Gasteiger partial charge < -0.3 is 4.43 Å². The Morgan fingerprint density at radius 3 is 1.44 bits per heavy atom. The summed E-state index contributed by atoms with van der Waals surface area (Å²) in [4.78, 5) is 0. The van der Waals surface area contributed by atoms with Gasteiger partial charge in [0, 0.05) is 0 Å². The number of rotatable bonds is 8. The number of hydrogen-bond acceptors (Lipinski definition) is 1. The molecule has 1 atom stereocenters. The van der Waals surface area contributed by atoms with Crippen molar-refractivity contribution in [3.8, 4) is 0 Å². The van der Waals surface area contributed by atoms with Gasteiger partial charge in [0.05, 0.1) is 12.3 Å². The minimum Gasteiger partial charge on any atom is -0.410 e. The molecule has 1 aliphatic rings. The molecule has 0 N–H and O–H groups in total. The SMILES string of the molecule is CC(C)(C)[Si](C)(C)O[C@H](C[P+](c1ccccc1)(c1ccccc1)c1ccccc1)C1CC1. The van der Waals surface area contributed by atoms with Gasteiger partial charge in [0.1, 0.15) is 23.2 Å². The third-order valence-electron chi connectivity index (χ3n) is 7.44. The van der Waals surface area contributed by atoms with Crippen molar-refractivity contribution in [2.75, 3.05) is 6.16 Å². The van der Waals surface area contributed by atoms with E-state index in [1.165, 1.54) is 28.8 Å². The zero-order valence-electron chi connectivity index (χ0n) is 20.3. The van der Waals surface area contributed by atoms with Gasteiger partial charge >= 0.3 is 0 Å². The van der Waals surface area contributed by atoms with Crippen LogP contribution in [-0.2, 0) is 4.43 Å². The first kappa shape index (κ1) is 23.4. The highest BCUT2D eigenvalue weighted by Gasteiger charge is 2.52. The standard InChI is InChI=1S/C29H38OPSi/c1-29(2,3)32(4,5)30-28(24-21-22-24)23-31(25-15-9-6-10-16-25,26-17-11-7-12-18-26)27-19-13-8-14-20-27/h6-20,24,28H,21-23H2,1-5H3/q+1/t28-/m1/s1. The molecule has 3 aromatic rings. The van der Waals surface area contributed by atoms with Gasteiger partial charge in [-0.25, -0.2) is 0 Å². The van der Waals surface area contributed by atoms with Gasteiger partial charge in [0.15, 0.2) is 8.32 Å². The molecule has 0 amide bonds. The van der Waals surface area contributed by atoms with Crippen LogP contribution in [-0.4, -0.2) is 20.6 Å². The molecular formula is C29H38OPSi+. The summed E-state index contributed by atoms with van der Waals surface area (Å²) in [6, 6.07) is 33.8. The predicted molar refractivity (Wildman–Crippen MR) is 145 cm³/mol. The first-order chi connectivity index (χ1) is 15.2. The fourth-order valence-electron chi connectivity index (χ4n) is 4.39. The maximum Gasteiger partial charge on any atom is 0.192 e. The van der Waals surface area contributed by atoms with E-state index >= 15 is 0 Å². The predicted octanol–water partition coefficient (Wildman–Crippen LogP) is 6.78. The molecule has 0 aromatic heterocycles. The molecule has 4 rings (SSSR count). The molecular weight excluding hydrogens is 423 g/mol. The lowest BCUT2D eigenvalue weighted by molar-refractivity contribution is 0.180. The minimum absolute atomic E-state index is 0.216. The van der Waals surface area contributed by atoms with Gasteiger partial charge in [-0.1, -0.05) is 75.4 Å². The van der Waals surface area contributed by atoms with E-state index < -0.39 is 15.6 Å². The minimum atomic E-state index is -1.88. The molecule has 0 saturated heterocycles. The van der Waals surface area contributed by atoms with Crippen LogP contribution in [0, 0.1) is 5.92 Å². The largest absolute Gasteiger partial charge is 0.410 e. The highest BCUT2D eigenvalue weighted by Crippen LogP contribution is 2.58. The fraction of sp³-hybridized carbons (Fsp3) is 0.379. The van der Waals surface area contributed by atoms with Gasteiger partial charge in [-0.3, -0.25) is 0 Å². The normalized spacial score (nSPS) is 16.0. The van der Waals surface area contributed by atoms with Crippen molar-refractivity contribution in [1.29, 1.82) is 0 Å². The van der Waals surface area contributed by atoms with Crippen LogP contribution < -0.4 is 15.9 Å².